The Kier molecular flexibility index (Phi) is 5.37. The van der Waals surface area contributed by atoms with Gasteiger partial charge in [-0.3, -0.25) is 9.69 Å². The lowest BCUT2D eigenvalue weighted by atomic mass is 10.0. The number of nitrogens with zero attached hydrogens (tertiary/aromatic N) is 3. The van der Waals surface area contributed by atoms with Gasteiger partial charge >= 0.3 is 0 Å². The predicted molar refractivity (Wildman–Crippen MR) is 83.0 cm³/mol. The van der Waals surface area contributed by atoms with Gasteiger partial charge in [0.1, 0.15) is 0 Å². The fourth-order valence-electron chi connectivity index (χ4n) is 2.55. The van der Waals surface area contributed by atoms with E-state index >= 15 is 0 Å². The molecule has 1 aliphatic heterocycles. The molecule has 1 N–H and O–H groups in total. The van der Waals surface area contributed by atoms with Crippen molar-refractivity contribution in [2.24, 2.45) is 0 Å². The number of likely N-dealkylation sites (N-methyl/N-ethyl adjacent to an activating group) is 1. The molecule has 20 heavy (non-hydrogen) atoms. The summed E-state index contributed by atoms with van der Waals surface area (Å²) in [4.78, 5) is 21.0. The van der Waals surface area contributed by atoms with Crippen LogP contribution >= 0.6 is 11.3 Å². The van der Waals surface area contributed by atoms with Crippen LogP contribution in [0.5, 0.6) is 0 Å². The van der Waals surface area contributed by atoms with Crippen LogP contribution in [0.25, 0.3) is 0 Å². The van der Waals surface area contributed by atoms with Gasteiger partial charge in [-0.2, -0.15) is 0 Å². The summed E-state index contributed by atoms with van der Waals surface area (Å²) in [6, 6.07) is 0.0217. The van der Waals surface area contributed by atoms with E-state index in [0.29, 0.717) is 0 Å². The second kappa shape index (κ2) is 7.04. The highest BCUT2D eigenvalue weighted by Crippen LogP contribution is 2.21. The van der Waals surface area contributed by atoms with Crippen LogP contribution in [0.1, 0.15) is 31.9 Å². The van der Waals surface area contributed by atoms with Crippen molar-refractivity contribution in [3.8, 4) is 0 Å². The highest BCUT2D eigenvalue weighted by atomic mass is 32.1. The summed E-state index contributed by atoms with van der Waals surface area (Å²) in [7, 11) is 3.78. The van der Waals surface area contributed by atoms with E-state index in [1.54, 1.807) is 11.3 Å². The van der Waals surface area contributed by atoms with Crippen LogP contribution in [0.15, 0.2) is 5.38 Å². The van der Waals surface area contributed by atoms with Crippen molar-refractivity contribution in [3.05, 3.63) is 11.1 Å². The lowest BCUT2D eigenvalue weighted by Crippen LogP contribution is -2.55. The first-order valence-electron chi connectivity index (χ1n) is 7.27. The Hall–Kier alpha value is -1.14. The normalized spacial score (nSPS) is 20.4. The van der Waals surface area contributed by atoms with Gasteiger partial charge in [0, 0.05) is 39.1 Å². The van der Waals surface area contributed by atoms with E-state index in [9.17, 15) is 4.79 Å². The summed E-state index contributed by atoms with van der Waals surface area (Å²) in [6.07, 6.45) is 3.17. The average Bonchev–Trinajstić information content (AvgIpc) is 2.90. The Morgan fingerprint density at radius 1 is 1.50 bits per heavy atom. The van der Waals surface area contributed by atoms with Gasteiger partial charge in [0.05, 0.1) is 11.7 Å². The Morgan fingerprint density at radius 2 is 2.30 bits per heavy atom. The van der Waals surface area contributed by atoms with Crippen LogP contribution in [0.4, 0.5) is 5.13 Å². The van der Waals surface area contributed by atoms with Crippen LogP contribution in [-0.4, -0.2) is 53.9 Å². The fraction of sp³-hybridized carbons (Fsp3) is 0.714. The molecule has 5 nitrogen and oxygen atoms in total. The number of amides is 1. The number of unbranched alkanes of at least 4 members (excludes halogenated alkanes) is 1. The minimum Gasteiger partial charge on any atom is -0.365 e. The maximum atomic E-state index is 12.3. The molecule has 0 aromatic carbocycles. The van der Waals surface area contributed by atoms with Crippen molar-refractivity contribution in [1.82, 2.24) is 14.8 Å². The second-order valence-electron chi connectivity index (χ2n) is 5.28. The number of carbonyl (C=O) groups is 1. The number of anilines is 1. The lowest BCUT2D eigenvalue weighted by molar-refractivity contribution is -0.140. The van der Waals surface area contributed by atoms with E-state index < -0.39 is 0 Å². The first-order chi connectivity index (χ1) is 9.65. The molecule has 2 rings (SSSR count). The molecule has 6 heteroatoms. The first-order valence-corrected chi connectivity index (χ1v) is 8.14. The smallest absolute Gasteiger partial charge is 0.239 e. The molecule has 1 amide bonds. The Labute approximate surface area is 125 Å². The maximum Gasteiger partial charge on any atom is 0.239 e. The highest BCUT2D eigenvalue weighted by Gasteiger charge is 2.32. The number of nitrogens with one attached hydrogen (secondary N) is 1. The molecule has 0 spiro atoms. The number of hydrogen-bond acceptors (Lipinski definition) is 5. The number of aromatic nitrogens is 1. The van der Waals surface area contributed by atoms with Crippen molar-refractivity contribution in [2.75, 3.05) is 32.5 Å². The molecule has 112 valence electrons. The van der Waals surface area contributed by atoms with Gasteiger partial charge in [-0.25, -0.2) is 4.98 Å². The van der Waals surface area contributed by atoms with Crippen molar-refractivity contribution >= 4 is 22.4 Å². The molecule has 1 unspecified atom stereocenters. The molecule has 1 fully saturated rings. The molecule has 1 atom stereocenters. The molecule has 1 aromatic rings. The molecular formula is C14H24N4OS. The van der Waals surface area contributed by atoms with Gasteiger partial charge < -0.3 is 10.2 Å². The summed E-state index contributed by atoms with van der Waals surface area (Å²) in [5.74, 6) is 0.258. The summed E-state index contributed by atoms with van der Waals surface area (Å²) in [6.45, 7) is 4.68. The minimum absolute atomic E-state index is 0.0217. The molecule has 0 bridgehead atoms. The Balaban J connectivity index is 2.04. The molecule has 0 saturated carbocycles. The monoisotopic (exact) mass is 296 g/mol. The predicted octanol–water partition coefficient (Wildman–Crippen LogP) is 2.02. The third-order valence-electron chi connectivity index (χ3n) is 3.79. The van der Waals surface area contributed by atoms with Crippen LogP contribution in [0, 0.1) is 0 Å². The lowest BCUT2D eigenvalue weighted by Gasteiger charge is -2.38. The van der Waals surface area contributed by atoms with E-state index in [1.165, 1.54) is 0 Å². The van der Waals surface area contributed by atoms with Gasteiger partial charge in [-0.05, 0) is 6.42 Å². The van der Waals surface area contributed by atoms with Crippen LogP contribution in [0.2, 0.25) is 0 Å². The van der Waals surface area contributed by atoms with E-state index in [0.717, 1.165) is 49.7 Å². The second-order valence-corrected chi connectivity index (χ2v) is 6.14. The van der Waals surface area contributed by atoms with Crippen molar-refractivity contribution in [1.29, 1.82) is 0 Å². The van der Waals surface area contributed by atoms with Gasteiger partial charge in [0.25, 0.3) is 0 Å². The minimum atomic E-state index is 0.0217. The topological polar surface area (TPSA) is 48.5 Å². The van der Waals surface area contributed by atoms with E-state index in [1.807, 2.05) is 19.0 Å². The standard InChI is InChI=1S/C14H24N4OS/c1-4-5-6-12-13(19)17(3)7-8-18(12)9-11-10-20-14(15-2)16-11/h10,12H,4-9H2,1-3H3,(H,15,16). The highest BCUT2D eigenvalue weighted by molar-refractivity contribution is 7.13. The molecule has 1 aliphatic rings. The number of carbonyl (C=O) groups excluding carboxylic acids is 1. The number of rotatable bonds is 6. The Bertz CT molecular complexity index is 448. The average molecular weight is 296 g/mol. The van der Waals surface area contributed by atoms with Crippen LogP contribution < -0.4 is 5.32 Å². The van der Waals surface area contributed by atoms with Crippen molar-refractivity contribution in [2.45, 2.75) is 38.8 Å². The van der Waals surface area contributed by atoms with Crippen LogP contribution in [0.3, 0.4) is 0 Å². The zero-order valence-corrected chi connectivity index (χ0v) is 13.4. The molecule has 1 aromatic heterocycles. The maximum absolute atomic E-state index is 12.3. The number of hydrogen-bond donors (Lipinski definition) is 1. The molecule has 0 aliphatic carbocycles. The third-order valence-corrected chi connectivity index (χ3v) is 4.70. The molecule has 0 radical (unpaired) electrons. The van der Waals surface area contributed by atoms with Crippen molar-refractivity contribution in [3.63, 3.8) is 0 Å². The number of thiazole rings is 1. The summed E-state index contributed by atoms with van der Waals surface area (Å²) < 4.78 is 0. The van der Waals surface area contributed by atoms with E-state index in [-0.39, 0.29) is 11.9 Å². The van der Waals surface area contributed by atoms with Gasteiger partial charge in [0.15, 0.2) is 5.13 Å². The fourth-order valence-corrected chi connectivity index (χ4v) is 3.21. The van der Waals surface area contributed by atoms with E-state index in [4.69, 9.17) is 0 Å². The summed E-state index contributed by atoms with van der Waals surface area (Å²) >= 11 is 1.61. The van der Waals surface area contributed by atoms with Crippen molar-refractivity contribution < 1.29 is 4.79 Å². The summed E-state index contributed by atoms with van der Waals surface area (Å²) in [5, 5.41) is 6.07. The van der Waals surface area contributed by atoms with Gasteiger partial charge in [-0.1, -0.05) is 19.8 Å². The molecular weight excluding hydrogens is 272 g/mol. The molecule has 1 saturated heterocycles. The Morgan fingerprint density at radius 3 is 2.95 bits per heavy atom. The summed E-state index contributed by atoms with van der Waals surface area (Å²) in [5.41, 5.74) is 1.05. The quantitative estimate of drug-likeness (QED) is 0.872. The van der Waals surface area contributed by atoms with Crippen LogP contribution in [-0.2, 0) is 11.3 Å². The first kappa shape index (κ1) is 15.3. The van der Waals surface area contributed by atoms with E-state index in [2.05, 4.69) is 27.5 Å². The molecule has 2 heterocycles. The van der Waals surface area contributed by atoms with Gasteiger partial charge in [0.2, 0.25) is 5.91 Å². The van der Waals surface area contributed by atoms with Gasteiger partial charge in [-0.15, -0.1) is 11.3 Å². The zero-order chi connectivity index (χ0) is 14.5. The number of piperazine rings is 1. The third kappa shape index (κ3) is 3.49. The largest absolute Gasteiger partial charge is 0.365 e. The zero-order valence-electron chi connectivity index (χ0n) is 12.6. The SMILES string of the molecule is CCCCC1C(=O)N(C)CCN1Cc1csc(NC)n1.